The summed E-state index contributed by atoms with van der Waals surface area (Å²) in [6, 6.07) is 16.0. The average molecular weight is 224 g/mol. The third-order valence-corrected chi connectivity index (χ3v) is 2.61. The van der Waals surface area contributed by atoms with Crippen molar-refractivity contribution in [3.05, 3.63) is 66.2 Å². The summed E-state index contributed by atoms with van der Waals surface area (Å²) in [5.41, 5.74) is 2.35. The number of rotatable bonds is 4. The zero-order chi connectivity index (χ0) is 12.1. The second-order valence-electron chi connectivity index (χ2n) is 3.88. The van der Waals surface area contributed by atoms with Crippen LogP contribution in [0.5, 0.6) is 11.5 Å². The smallest absolute Gasteiger partial charge is 0.128 e. The quantitative estimate of drug-likeness (QED) is 0.732. The Morgan fingerprint density at radius 3 is 2.47 bits per heavy atom. The van der Waals surface area contributed by atoms with Gasteiger partial charge in [-0.15, -0.1) is 0 Å². The Hall–Kier alpha value is -2.02. The lowest BCUT2D eigenvalue weighted by molar-refractivity contribution is 0.482. The van der Waals surface area contributed by atoms with Gasteiger partial charge in [0.05, 0.1) is 0 Å². The van der Waals surface area contributed by atoms with Crippen molar-refractivity contribution in [2.24, 2.45) is 0 Å². The first-order chi connectivity index (χ1) is 8.31. The summed E-state index contributed by atoms with van der Waals surface area (Å²) < 4.78 is 5.82. The molecule has 0 fully saturated rings. The number of benzene rings is 2. The molecule has 2 aromatic carbocycles. The van der Waals surface area contributed by atoms with Gasteiger partial charge < -0.3 is 4.74 Å². The SMILES string of the molecule is C=Cc1cc(CC)cc(Oc2ccccc2)c1. The highest BCUT2D eigenvalue weighted by Gasteiger charge is 2.00. The van der Waals surface area contributed by atoms with Crippen LogP contribution in [0, 0.1) is 0 Å². The molecule has 0 aliphatic carbocycles. The van der Waals surface area contributed by atoms with Crippen LogP contribution in [0.4, 0.5) is 0 Å². The largest absolute Gasteiger partial charge is 0.457 e. The Bertz CT molecular complexity index is 500. The molecule has 0 atom stereocenters. The fourth-order valence-electron chi connectivity index (χ4n) is 1.69. The zero-order valence-corrected chi connectivity index (χ0v) is 10.0. The monoisotopic (exact) mass is 224 g/mol. The fraction of sp³-hybridized carbons (Fsp3) is 0.125. The molecule has 0 bridgehead atoms. The summed E-state index contributed by atoms with van der Waals surface area (Å²) in [7, 11) is 0. The van der Waals surface area contributed by atoms with Crippen molar-refractivity contribution >= 4 is 6.08 Å². The van der Waals surface area contributed by atoms with Crippen LogP contribution in [0.1, 0.15) is 18.1 Å². The van der Waals surface area contributed by atoms with E-state index < -0.39 is 0 Å². The van der Waals surface area contributed by atoms with E-state index in [1.54, 1.807) is 0 Å². The molecular weight excluding hydrogens is 208 g/mol. The van der Waals surface area contributed by atoms with Crippen molar-refractivity contribution in [1.29, 1.82) is 0 Å². The van der Waals surface area contributed by atoms with Crippen LogP contribution in [0.2, 0.25) is 0 Å². The molecule has 0 saturated heterocycles. The van der Waals surface area contributed by atoms with Gasteiger partial charge in [0.2, 0.25) is 0 Å². The minimum Gasteiger partial charge on any atom is -0.457 e. The van der Waals surface area contributed by atoms with Crippen LogP contribution in [0.3, 0.4) is 0 Å². The van der Waals surface area contributed by atoms with Gasteiger partial charge in [0.15, 0.2) is 0 Å². The van der Waals surface area contributed by atoms with Crippen molar-refractivity contribution in [1.82, 2.24) is 0 Å². The molecule has 0 amide bonds. The van der Waals surface area contributed by atoms with E-state index in [0.717, 1.165) is 23.5 Å². The molecule has 0 saturated carbocycles. The summed E-state index contributed by atoms with van der Waals surface area (Å²) in [6.07, 6.45) is 2.84. The van der Waals surface area contributed by atoms with Gasteiger partial charge >= 0.3 is 0 Å². The van der Waals surface area contributed by atoms with Gasteiger partial charge in [0, 0.05) is 0 Å². The molecule has 86 valence electrons. The van der Waals surface area contributed by atoms with E-state index in [9.17, 15) is 0 Å². The lowest BCUT2D eigenvalue weighted by Crippen LogP contribution is -1.88. The van der Waals surface area contributed by atoms with E-state index in [2.05, 4.69) is 25.6 Å². The van der Waals surface area contributed by atoms with Crippen LogP contribution in [-0.2, 0) is 6.42 Å². The highest BCUT2D eigenvalue weighted by Crippen LogP contribution is 2.24. The zero-order valence-electron chi connectivity index (χ0n) is 10.0. The molecule has 0 radical (unpaired) electrons. The molecule has 1 heteroatoms. The minimum atomic E-state index is 0.857. The molecule has 1 nitrogen and oxygen atoms in total. The second-order valence-corrected chi connectivity index (χ2v) is 3.88. The van der Waals surface area contributed by atoms with E-state index in [1.807, 2.05) is 42.5 Å². The van der Waals surface area contributed by atoms with E-state index in [0.29, 0.717) is 0 Å². The van der Waals surface area contributed by atoms with Gasteiger partial charge in [-0.25, -0.2) is 0 Å². The van der Waals surface area contributed by atoms with Gasteiger partial charge in [-0.1, -0.05) is 43.8 Å². The van der Waals surface area contributed by atoms with E-state index in [4.69, 9.17) is 4.74 Å². The summed E-state index contributed by atoms with van der Waals surface area (Å²) in [5, 5.41) is 0. The highest BCUT2D eigenvalue weighted by molar-refractivity contribution is 5.52. The van der Waals surface area contributed by atoms with Crippen LogP contribution in [-0.4, -0.2) is 0 Å². The van der Waals surface area contributed by atoms with Crippen molar-refractivity contribution in [2.45, 2.75) is 13.3 Å². The predicted molar refractivity (Wildman–Crippen MR) is 72.4 cm³/mol. The Labute approximate surface area is 102 Å². The number of aryl methyl sites for hydroxylation is 1. The van der Waals surface area contributed by atoms with Gasteiger partial charge in [-0.05, 0) is 41.8 Å². The number of hydrogen-bond donors (Lipinski definition) is 0. The van der Waals surface area contributed by atoms with Crippen molar-refractivity contribution < 1.29 is 4.74 Å². The van der Waals surface area contributed by atoms with Gasteiger partial charge in [0.25, 0.3) is 0 Å². The van der Waals surface area contributed by atoms with Gasteiger partial charge in [0.1, 0.15) is 11.5 Å². The number of hydrogen-bond acceptors (Lipinski definition) is 1. The van der Waals surface area contributed by atoms with Gasteiger partial charge in [-0.2, -0.15) is 0 Å². The van der Waals surface area contributed by atoms with E-state index >= 15 is 0 Å². The maximum atomic E-state index is 5.82. The second kappa shape index (κ2) is 5.35. The number of ether oxygens (including phenoxy) is 1. The molecule has 0 heterocycles. The molecule has 0 N–H and O–H groups in total. The van der Waals surface area contributed by atoms with Crippen LogP contribution < -0.4 is 4.74 Å². The minimum absolute atomic E-state index is 0.857. The average Bonchev–Trinajstić information content (AvgIpc) is 2.39. The van der Waals surface area contributed by atoms with Crippen molar-refractivity contribution in [3.8, 4) is 11.5 Å². The van der Waals surface area contributed by atoms with E-state index in [-0.39, 0.29) is 0 Å². The molecule has 0 aliphatic rings. The van der Waals surface area contributed by atoms with E-state index in [1.165, 1.54) is 5.56 Å². The Kier molecular flexibility index (Phi) is 3.61. The maximum absolute atomic E-state index is 5.82. The first kappa shape index (κ1) is 11.5. The fourth-order valence-corrected chi connectivity index (χ4v) is 1.69. The predicted octanol–water partition coefficient (Wildman–Crippen LogP) is 4.68. The maximum Gasteiger partial charge on any atom is 0.128 e. The Morgan fingerprint density at radius 1 is 1.06 bits per heavy atom. The van der Waals surface area contributed by atoms with Crippen LogP contribution in [0.15, 0.2) is 55.1 Å². The molecule has 2 aromatic rings. The highest BCUT2D eigenvalue weighted by atomic mass is 16.5. The third-order valence-electron chi connectivity index (χ3n) is 2.61. The van der Waals surface area contributed by atoms with Crippen molar-refractivity contribution in [3.63, 3.8) is 0 Å². The summed E-state index contributed by atoms with van der Waals surface area (Å²) >= 11 is 0. The Morgan fingerprint density at radius 2 is 1.82 bits per heavy atom. The molecular formula is C16H16O. The first-order valence-electron chi connectivity index (χ1n) is 5.81. The molecule has 0 aromatic heterocycles. The summed E-state index contributed by atoms with van der Waals surface area (Å²) in [6.45, 7) is 5.93. The Balaban J connectivity index is 2.29. The van der Waals surface area contributed by atoms with Gasteiger partial charge in [-0.3, -0.25) is 0 Å². The third kappa shape index (κ3) is 2.97. The molecule has 2 rings (SSSR count). The molecule has 0 aliphatic heterocycles. The van der Waals surface area contributed by atoms with Crippen LogP contribution >= 0.6 is 0 Å². The molecule has 17 heavy (non-hydrogen) atoms. The first-order valence-corrected chi connectivity index (χ1v) is 5.81. The lowest BCUT2D eigenvalue weighted by atomic mass is 10.1. The van der Waals surface area contributed by atoms with Crippen LogP contribution in [0.25, 0.3) is 6.08 Å². The molecule has 0 spiro atoms. The topological polar surface area (TPSA) is 9.23 Å². The summed E-state index contributed by atoms with van der Waals surface area (Å²) in [4.78, 5) is 0. The standard InChI is InChI=1S/C16H16O/c1-3-13-10-14(4-2)12-16(11-13)17-15-8-6-5-7-9-15/h3,5-12H,1,4H2,2H3. The molecule has 0 unspecified atom stereocenters. The van der Waals surface area contributed by atoms with Crippen molar-refractivity contribution in [2.75, 3.05) is 0 Å². The summed E-state index contributed by atoms with van der Waals surface area (Å²) in [5.74, 6) is 1.72. The number of para-hydroxylation sites is 1. The lowest BCUT2D eigenvalue weighted by Gasteiger charge is -2.08. The normalized spacial score (nSPS) is 9.94.